The Morgan fingerprint density at radius 3 is 2.90 bits per heavy atom. The van der Waals surface area contributed by atoms with Crippen LogP contribution in [0.15, 0.2) is 30.3 Å². The quantitative estimate of drug-likeness (QED) is 0.856. The zero-order valence-electron chi connectivity index (χ0n) is 11.9. The molecule has 0 aliphatic heterocycles. The molecule has 0 atom stereocenters. The number of carbonyl (C=O) groups is 1. The van der Waals surface area contributed by atoms with Crippen LogP contribution in [0.1, 0.15) is 20.1 Å². The standard InChI is InChI=1S/C16H16N2O2S/c1-11-10-15(21-14(11)8-5-9-17)16(19)18-12-6-3-4-7-13(12)20-2/h3-4,6-7,10H,9,17H2,1-2H3,(H,18,19). The van der Waals surface area contributed by atoms with Crippen molar-refractivity contribution in [2.24, 2.45) is 5.73 Å². The first-order chi connectivity index (χ1) is 10.2. The lowest BCUT2D eigenvalue weighted by Crippen LogP contribution is -2.10. The number of carbonyl (C=O) groups excluding carboxylic acids is 1. The molecule has 1 aromatic carbocycles. The molecule has 0 spiro atoms. The van der Waals surface area contributed by atoms with E-state index in [0.717, 1.165) is 10.4 Å². The molecule has 0 bridgehead atoms. The minimum Gasteiger partial charge on any atom is -0.495 e. The minimum absolute atomic E-state index is 0.173. The van der Waals surface area contributed by atoms with Gasteiger partial charge < -0.3 is 15.8 Å². The van der Waals surface area contributed by atoms with Gasteiger partial charge in [0.25, 0.3) is 5.91 Å². The highest BCUT2D eigenvalue weighted by atomic mass is 32.1. The number of hydrogen-bond donors (Lipinski definition) is 2. The van der Waals surface area contributed by atoms with E-state index < -0.39 is 0 Å². The first-order valence-electron chi connectivity index (χ1n) is 6.39. The van der Waals surface area contributed by atoms with Gasteiger partial charge in [0.1, 0.15) is 5.75 Å². The lowest BCUT2D eigenvalue weighted by atomic mass is 10.2. The summed E-state index contributed by atoms with van der Waals surface area (Å²) in [4.78, 5) is 13.8. The monoisotopic (exact) mass is 300 g/mol. The van der Waals surface area contributed by atoms with Crippen LogP contribution in [0.3, 0.4) is 0 Å². The van der Waals surface area contributed by atoms with Gasteiger partial charge in [-0.05, 0) is 30.7 Å². The average Bonchev–Trinajstić information content (AvgIpc) is 2.87. The molecule has 2 aromatic rings. The van der Waals surface area contributed by atoms with Crippen molar-refractivity contribution in [2.45, 2.75) is 6.92 Å². The predicted molar refractivity (Wildman–Crippen MR) is 85.9 cm³/mol. The number of amides is 1. The fraction of sp³-hybridized carbons (Fsp3) is 0.188. The van der Waals surface area contributed by atoms with Crippen molar-refractivity contribution in [3.8, 4) is 17.6 Å². The number of hydrogen-bond acceptors (Lipinski definition) is 4. The van der Waals surface area contributed by atoms with E-state index in [-0.39, 0.29) is 5.91 Å². The summed E-state index contributed by atoms with van der Waals surface area (Å²) >= 11 is 1.36. The second-order valence-electron chi connectivity index (χ2n) is 4.28. The number of ether oxygens (including phenoxy) is 1. The van der Waals surface area contributed by atoms with Gasteiger partial charge in [-0.3, -0.25) is 4.79 Å². The summed E-state index contributed by atoms with van der Waals surface area (Å²) in [5.74, 6) is 6.23. The minimum atomic E-state index is -0.173. The van der Waals surface area contributed by atoms with Crippen molar-refractivity contribution in [1.82, 2.24) is 0 Å². The Morgan fingerprint density at radius 1 is 1.43 bits per heavy atom. The molecule has 2 rings (SSSR count). The number of nitrogens with two attached hydrogens (primary N) is 1. The van der Waals surface area contributed by atoms with Gasteiger partial charge in [-0.25, -0.2) is 0 Å². The summed E-state index contributed by atoms with van der Waals surface area (Å²) in [6, 6.07) is 9.12. The molecule has 1 aromatic heterocycles. The van der Waals surface area contributed by atoms with Crippen molar-refractivity contribution in [3.63, 3.8) is 0 Å². The van der Waals surface area contributed by atoms with Crippen LogP contribution < -0.4 is 15.8 Å². The van der Waals surface area contributed by atoms with Gasteiger partial charge in [-0.2, -0.15) is 0 Å². The Morgan fingerprint density at radius 2 is 2.19 bits per heavy atom. The fourth-order valence-electron chi connectivity index (χ4n) is 1.78. The van der Waals surface area contributed by atoms with E-state index in [1.54, 1.807) is 19.2 Å². The SMILES string of the molecule is COc1ccccc1NC(=O)c1cc(C)c(C#CCN)s1. The van der Waals surface area contributed by atoms with Gasteiger partial charge in [-0.15, -0.1) is 11.3 Å². The zero-order valence-corrected chi connectivity index (χ0v) is 12.7. The highest BCUT2D eigenvalue weighted by Gasteiger charge is 2.13. The van der Waals surface area contributed by atoms with Crippen LogP contribution in [0, 0.1) is 18.8 Å². The number of aryl methyl sites for hydroxylation is 1. The van der Waals surface area contributed by atoms with Crippen molar-refractivity contribution in [1.29, 1.82) is 0 Å². The molecule has 0 saturated carbocycles. The molecule has 0 saturated heterocycles. The maximum Gasteiger partial charge on any atom is 0.265 e. The lowest BCUT2D eigenvalue weighted by molar-refractivity contribution is 0.103. The molecule has 3 N–H and O–H groups in total. The largest absolute Gasteiger partial charge is 0.495 e. The Kier molecular flexibility index (Phi) is 4.99. The lowest BCUT2D eigenvalue weighted by Gasteiger charge is -2.08. The molecular formula is C16H16N2O2S. The number of methoxy groups -OCH3 is 1. The molecule has 108 valence electrons. The van der Waals surface area contributed by atoms with Gasteiger partial charge >= 0.3 is 0 Å². The first kappa shape index (κ1) is 15.1. The number of thiophene rings is 1. The third-order valence-electron chi connectivity index (χ3n) is 2.80. The summed E-state index contributed by atoms with van der Waals surface area (Å²) in [5, 5.41) is 2.85. The molecule has 21 heavy (non-hydrogen) atoms. The first-order valence-corrected chi connectivity index (χ1v) is 7.21. The summed E-state index contributed by atoms with van der Waals surface area (Å²) < 4.78 is 5.22. The van der Waals surface area contributed by atoms with Gasteiger partial charge in [-0.1, -0.05) is 24.0 Å². The van der Waals surface area contributed by atoms with Gasteiger partial charge in [0.2, 0.25) is 0 Å². The molecule has 0 fully saturated rings. The zero-order chi connectivity index (χ0) is 15.2. The number of nitrogens with one attached hydrogen (secondary N) is 1. The number of para-hydroxylation sites is 2. The summed E-state index contributed by atoms with van der Waals surface area (Å²) in [6.45, 7) is 2.23. The molecule has 4 nitrogen and oxygen atoms in total. The van der Waals surface area contributed by atoms with Crippen LogP contribution in [0.25, 0.3) is 0 Å². The van der Waals surface area contributed by atoms with Gasteiger partial charge in [0.05, 0.1) is 29.1 Å². The van der Waals surface area contributed by atoms with Crippen LogP contribution in [0.5, 0.6) is 5.75 Å². The highest BCUT2D eigenvalue weighted by Crippen LogP contribution is 2.26. The number of rotatable bonds is 3. The Labute approximate surface area is 127 Å². The topological polar surface area (TPSA) is 64.3 Å². The molecule has 1 heterocycles. The Bertz CT molecular complexity index is 711. The Hall–Kier alpha value is -2.29. The third kappa shape index (κ3) is 3.63. The molecule has 1 amide bonds. The van der Waals surface area contributed by atoms with Gasteiger partial charge in [0, 0.05) is 0 Å². The van der Waals surface area contributed by atoms with Crippen molar-refractivity contribution in [2.75, 3.05) is 19.0 Å². The van der Waals surface area contributed by atoms with Crippen LogP contribution in [0.4, 0.5) is 5.69 Å². The molecule has 0 unspecified atom stereocenters. The van der Waals surface area contributed by atoms with E-state index in [4.69, 9.17) is 10.5 Å². The Balaban J connectivity index is 2.21. The van der Waals surface area contributed by atoms with Crippen LogP contribution in [-0.2, 0) is 0 Å². The summed E-state index contributed by atoms with van der Waals surface area (Å²) in [6.07, 6.45) is 0. The molecule has 0 radical (unpaired) electrons. The molecule has 0 aliphatic carbocycles. The molecule has 5 heteroatoms. The van der Waals surface area contributed by atoms with Crippen LogP contribution in [-0.4, -0.2) is 19.6 Å². The number of anilines is 1. The average molecular weight is 300 g/mol. The predicted octanol–water partition coefficient (Wildman–Crippen LogP) is 2.63. The second-order valence-corrected chi connectivity index (χ2v) is 5.34. The smallest absolute Gasteiger partial charge is 0.265 e. The van der Waals surface area contributed by atoms with E-state index in [2.05, 4.69) is 17.2 Å². The van der Waals surface area contributed by atoms with Crippen molar-refractivity contribution < 1.29 is 9.53 Å². The van der Waals surface area contributed by atoms with E-state index >= 15 is 0 Å². The van der Waals surface area contributed by atoms with Gasteiger partial charge in [0.15, 0.2) is 0 Å². The summed E-state index contributed by atoms with van der Waals surface area (Å²) in [5.41, 5.74) is 6.99. The highest BCUT2D eigenvalue weighted by molar-refractivity contribution is 7.14. The fourth-order valence-corrected chi connectivity index (χ4v) is 2.72. The van der Waals surface area contributed by atoms with Crippen LogP contribution >= 0.6 is 11.3 Å². The van der Waals surface area contributed by atoms with E-state index in [1.807, 2.05) is 25.1 Å². The molecular weight excluding hydrogens is 284 g/mol. The van der Waals surface area contributed by atoms with Crippen molar-refractivity contribution >= 4 is 22.9 Å². The normalized spacial score (nSPS) is 9.67. The molecule has 0 aliphatic rings. The van der Waals surface area contributed by atoms with Crippen LogP contribution in [0.2, 0.25) is 0 Å². The third-order valence-corrected chi connectivity index (χ3v) is 3.95. The second kappa shape index (κ2) is 6.93. The van der Waals surface area contributed by atoms with E-state index in [0.29, 0.717) is 22.9 Å². The number of benzene rings is 1. The van der Waals surface area contributed by atoms with E-state index in [9.17, 15) is 4.79 Å². The van der Waals surface area contributed by atoms with Crippen molar-refractivity contribution in [3.05, 3.63) is 45.6 Å². The van der Waals surface area contributed by atoms with E-state index in [1.165, 1.54) is 11.3 Å². The maximum atomic E-state index is 12.3. The summed E-state index contributed by atoms with van der Waals surface area (Å²) in [7, 11) is 1.57. The maximum absolute atomic E-state index is 12.3.